The number of thiophene rings is 1. The molecule has 0 aliphatic carbocycles. The highest BCUT2D eigenvalue weighted by Gasteiger charge is 2.30. The standard InChI is InChI=1S/C17H20FNO2S3/c1-2-13-7-8-17(23-13)24(20,21)19-10-9-16(22-12-11-19)14-5-3-4-6-15(14)18/h3-8,16H,2,9-12H2,1H3/t16-/m1/s1. The molecule has 0 N–H and O–H groups in total. The zero-order valence-corrected chi connectivity index (χ0v) is 15.9. The van der Waals surface area contributed by atoms with E-state index in [2.05, 4.69) is 0 Å². The van der Waals surface area contributed by atoms with Crippen molar-refractivity contribution in [2.45, 2.75) is 29.2 Å². The molecule has 1 aromatic carbocycles. The van der Waals surface area contributed by atoms with Crippen LogP contribution in [0.5, 0.6) is 0 Å². The quantitative estimate of drug-likeness (QED) is 0.787. The molecular formula is C17H20FNO2S3. The first-order chi connectivity index (χ1) is 11.5. The highest BCUT2D eigenvalue weighted by atomic mass is 32.2. The number of nitrogens with zero attached hydrogens (tertiary/aromatic N) is 1. The Morgan fingerprint density at radius 1 is 1.21 bits per heavy atom. The van der Waals surface area contributed by atoms with Crippen LogP contribution in [0.1, 0.15) is 29.0 Å². The van der Waals surface area contributed by atoms with Crippen molar-refractivity contribution in [2.24, 2.45) is 0 Å². The lowest BCUT2D eigenvalue weighted by atomic mass is 10.1. The van der Waals surface area contributed by atoms with E-state index in [9.17, 15) is 12.8 Å². The lowest BCUT2D eigenvalue weighted by Gasteiger charge is -2.19. The number of thioether (sulfide) groups is 1. The second-order valence-corrected chi connectivity index (χ2v) is 10.3. The number of benzene rings is 1. The van der Waals surface area contributed by atoms with Crippen molar-refractivity contribution in [3.8, 4) is 0 Å². The zero-order chi connectivity index (χ0) is 17.2. The number of hydrogen-bond acceptors (Lipinski definition) is 4. The summed E-state index contributed by atoms with van der Waals surface area (Å²) in [6, 6.07) is 10.4. The minimum atomic E-state index is -3.45. The Kier molecular flexibility index (Phi) is 5.64. The van der Waals surface area contributed by atoms with Gasteiger partial charge in [0.15, 0.2) is 0 Å². The smallest absolute Gasteiger partial charge is 0.207 e. The van der Waals surface area contributed by atoms with Gasteiger partial charge in [-0.1, -0.05) is 25.1 Å². The fourth-order valence-corrected chi connectivity index (χ4v) is 7.06. The maximum absolute atomic E-state index is 14.0. The molecule has 1 aliphatic rings. The molecule has 24 heavy (non-hydrogen) atoms. The van der Waals surface area contributed by atoms with E-state index >= 15 is 0 Å². The van der Waals surface area contributed by atoms with Gasteiger partial charge in [0.05, 0.1) is 0 Å². The van der Waals surface area contributed by atoms with Gasteiger partial charge in [0, 0.05) is 34.5 Å². The molecule has 0 saturated carbocycles. The van der Waals surface area contributed by atoms with Crippen LogP contribution in [0.15, 0.2) is 40.6 Å². The third-order valence-electron chi connectivity index (χ3n) is 4.13. The van der Waals surface area contributed by atoms with Crippen molar-refractivity contribution in [3.05, 3.63) is 52.7 Å². The highest BCUT2D eigenvalue weighted by molar-refractivity contribution is 7.99. The van der Waals surface area contributed by atoms with E-state index < -0.39 is 10.0 Å². The molecule has 0 amide bonds. The van der Waals surface area contributed by atoms with Crippen molar-refractivity contribution in [3.63, 3.8) is 0 Å². The van der Waals surface area contributed by atoms with Crippen LogP contribution in [0, 0.1) is 5.82 Å². The Balaban J connectivity index is 1.76. The lowest BCUT2D eigenvalue weighted by Crippen LogP contribution is -2.32. The van der Waals surface area contributed by atoms with E-state index in [1.165, 1.54) is 17.4 Å². The van der Waals surface area contributed by atoms with Crippen molar-refractivity contribution < 1.29 is 12.8 Å². The minimum absolute atomic E-state index is 0.000869. The Morgan fingerprint density at radius 2 is 2.00 bits per heavy atom. The summed E-state index contributed by atoms with van der Waals surface area (Å²) in [7, 11) is -3.45. The summed E-state index contributed by atoms with van der Waals surface area (Å²) in [6.45, 7) is 2.91. The Labute approximate surface area is 150 Å². The van der Waals surface area contributed by atoms with E-state index in [4.69, 9.17) is 0 Å². The Bertz CT molecular complexity index is 804. The summed E-state index contributed by atoms with van der Waals surface area (Å²) >= 11 is 2.98. The fraction of sp³-hybridized carbons (Fsp3) is 0.412. The first-order valence-electron chi connectivity index (χ1n) is 7.97. The fourth-order valence-electron chi connectivity index (χ4n) is 2.79. The van der Waals surface area contributed by atoms with Crippen LogP contribution in [0.2, 0.25) is 0 Å². The van der Waals surface area contributed by atoms with Crippen LogP contribution < -0.4 is 0 Å². The van der Waals surface area contributed by atoms with Gasteiger partial charge in [-0.2, -0.15) is 16.1 Å². The van der Waals surface area contributed by atoms with Crippen molar-refractivity contribution in [2.75, 3.05) is 18.8 Å². The molecule has 0 bridgehead atoms. The van der Waals surface area contributed by atoms with Crippen LogP contribution in [0.4, 0.5) is 4.39 Å². The molecule has 2 aromatic rings. The maximum atomic E-state index is 14.0. The second kappa shape index (κ2) is 7.56. The molecule has 3 rings (SSSR count). The molecule has 0 unspecified atom stereocenters. The van der Waals surface area contributed by atoms with Gasteiger partial charge in [0.2, 0.25) is 0 Å². The summed E-state index contributed by atoms with van der Waals surface area (Å²) in [5.74, 6) is 0.460. The highest BCUT2D eigenvalue weighted by Crippen LogP contribution is 2.37. The monoisotopic (exact) mass is 385 g/mol. The summed E-state index contributed by atoms with van der Waals surface area (Å²) < 4.78 is 41.6. The summed E-state index contributed by atoms with van der Waals surface area (Å²) in [6.07, 6.45) is 1.46. The number of rotatable bonds is 4. The molecule has 1 aliphatic heterocycles. The molecule has 1 saturated heterocycles. The average molecular weight is 386 g/mol. The first-order valence-corrected chi connectivity index (χ1v) is 11.3. The number of halogens is 1. The van der Waals surface area contributed by atoms with Gasteiger partial charge in [-0.3, -0.25) is 0 Å². The summed E-state index contributed by atoms with van der Waals surface area (Å²) in [4.78, 5) is 1.07. The number of hydrogen-bond donors (Lipinski definition) is 0. The molecule has 0 spiro atoms. The lowest BCUT2D eigenvalue weighted by molar-refractivity contribution is 0.428. The minimum Gasteiger partial charge on any atom is -0.207 e. The molecule has 2 heterocycles. The van der Waals surface area contributed by atoms with Crippen LogP contribution in [-0.2, 0) is 16.4 Å². The first kappa shape index (κ1) is 17.9. The van der Waals surface area contributed by atoms with Crippen LogP contribution in [0.3, 0.4) is 0 Å². The molecule has 3 nitrogen and oxygen atoms in total. The molecule has 130 valence electrons. The molecule has 1 aromatic heterocycles. The van der Waals surface area contributed by atoms with Gasteiger partial charge >= 0.3 is 0 Å². The topological polar surface area (TPSA) is 37.4 Å². The summed E-state index contributed by atoms with van der Waals surface area (Å²) in [5, 5.41) is 0.000869. The molecule has 1 atom stereocenters. The van der Waals surface area contributed by atoms with Crippen molar-refractivity contribution in [1.82, 2.24) is 4.31 Å². The van der Waals surface area contributed by atoms with Gasteiger partial charge in [0.25, 0.3) is 10.0 Å². The largest absolute Gasteiger partial charge is 0.252 e. The molecular weight excluding hydrogens is 365 g/mol. The third kappa shape index (κ3) is 3.69. The molecule has 7 heteroatoms. The zero-order valence-electron chi connectivity index (χ0n) is 13.4. The van der Waals surface area contributed by atoms with E-state index in [1.54, 1.807) is 34.3 Å². The van der Waals surface area contributed by atoms with Crippen LogP contribution >= 0.6 is 23.1 Å². The van der Waals surface area contributed by atoms with Gasteiger partial charge in [-0.15, -0.1) is 11.3 Å². The van der Waals surface area contributed by atoms with E-state index in [0.717, 1.165) is 11.3 Å². The van der Waals surface area contributed by atoms with Gasteiger partial charge in [-0.05, 0) is 31.0 Å². The summed E-state index contributed by atoms with van der Waals surface area (Å²) in [5.41, 5.74) is 0.672. The number of sulfonamides is 1. The Morgan fingerprint density at radius 3 is 2.71 bits per heavy atom. The van der Waals surface area contributed by atoms with Crippen molar-refractivity contribution in [1.29, 1.82) is 0 Å². The Hall–Kier alpha value is -0.890. The van der Waals surface area contributed by atoms with E-state index in [-0.39, 0.29) is 11.1 Å². The predicted octanol–water partition coefficient (Wildman–Crippen LogP) is 4.32. The third-order valence-corrected chi connectivity index (χ3v) is 9.04. The normalized spacial score (nSPS) is 20.0. The predicted molar refractivity (Wildman–Crippen MR) is 98.7 cm³/mol. The van der Waals surface area contributed by atoms with E-state index in [0.29, 0.717) is 35.0 Å². The van der Waals surface area contributed by atoms with Crippen molar-refractivity contribution >= 4 is 33.1 Å². The van der Waals surface area contributed by atoms with E-state index in [1.807, 2.05) is 19.1 Å². The molecule has 1 fully saturated rings. The maximum Gasteiger partial charge on any atom is 0.252 e. The van der Waals surface area contributed by atoms with Gasteiger partial charge in [0.1, 0.15) is 10.0 Å². The average Bonchev–Trinajstić information content (AvgIpc) is 2.93. The number of aryl methyl sites for hydroxylation is 1. The second-order valence-electron chi connectivity index (χ2n) is 5.65. The van der Waals surface area contributed by atoms with Gasteiger partial charge in [-0.25, -0.2) is 12.8 Å². The van der Waals surface area contributed by atoms with Gasteiger partial charge < -0.3 is 0 Å². The van der Waals surface area contributed by atoms with Crippen LogP contribution in [0.25, 0.3) is 0 Å². The van der Waals surface area contributed by atoms with Crippen LogP contribution in [-0.4, -0.2) is 31.6 Å². The molecule has 0 radical (unpaired) electrons. The SMILES string of the molecule is CCc1ccc(S(=O)(=O)N2CCS[C@@H](c3ccccc3F)CC2)s1.